The van der Waals surface area contributed by atoms with Crippen LogP contribution in [0.15, 0.2) is 30.3 Å². The van der Waals surface area contributed by atoms with E-state index in [1.807, 2.05) is 0 Å². The maximum atomic E-state index is 12.7. The van der Waals surface area contributed by atoms with Gasteiger partial charge in [0.15, 0.2) is 0 Å². The van der Waals surface area contributed by atoms with Crippen molar-refractivity contribution in [3.8, 4) is 11.6 Å². The number of hydrogen-bond donors (Lipinski definition) is 0. The van der Waals surface area contributed by atoms with Crippen molar-refractivity contribution in [1.29, 1.82) is 0 Å². The van der Waals surface area contributed by atoms with Gasteiger partial charge in [0, 0.05) is 6.07 Å². The van der Waals surface area contributed by atoms with E-state index in [1.165, 1.54) is 30.3 Å². The minimum absolute atomic E-state index is 0.310. The highest BCUT2D eigenvalue weighted by Gasteiger charge is 2.02. The Morgan fingerprint density at radius 3 is 2.50 bits per heavy atom. The highest BCUT2D eigenvalue weighted by atomic mass is 35.5. The van der Waals surface area contributed by atoms with Crippen molar-refractivity contribution in [1.82, 2.24) is 9.97 Å². The summed E-state index contributed by atoms with van der Waals surface area (Å²) in [7, 11) is 0. The van der Waals surface area contributed by atoms with Crippen LogP contribution in [0.25, 0.3) is 0 Å². The molecule has 0 spiro atoms. The van der Waals surface area contributed by atoms with E-state index in [0.717, 1.165) is 0 Å². The number of ether oxygens (including phenoxy) is 1. The number of aryl methyl sites for hydroxylation is 1. The molecule has 5 heteroatoms. The van der Waals surface area contributed by atoms with Gasteiger partial charge in [-0.25, -0.2) is 9.37 Å². The summed E-state index contributed by atoms with van der Waals surface area (Å²) in [6.07, 6.45) is 0. The minimum atomic E-state index is -0.316. The second kappa shape index (κ2) is 4.45. The van der Waals surface area contributed by atoms with Crippen molar-refractivity contribution >= 4 is 11.6 Å². The average Bonchev–Trinajstić information content (AvgIpc) is 2.20. The summed E-state index contributed by atoms with van der Waals surface area (Å²) < 4.78 is 18.0. The Morgan fingerprint density at radius 1 is 1.19 bits per heavy atom. The van der Waals surface area contributed by atoms with Crippen molar-refractivity contribution in [2.75, 3.05) is 0 Å². The van der Waals surface area contributed by atoms with E-state index < -0.39 is 0 Å². The van der Waals surface area contributed by atoms with Crippen LogP contribution in [0, 0.1) is 12.7 Å². The minimum Gasteiger partial charge on any atom is -0.439 e. The van der Waals surface area contributed by atoms with E-state index in [0.29, 0.717) is 22.6 Å². The lowest BCUT2D eigenvalue weighted by atomic mass is 10.3. The van der Waals surface area contributed by atoms with Crippen LogP contribution in [0.3, 0.4) is 0 Å². The molecule has 2 aromatic rings. The fraction of sp³-hybridized carbons (Fsp3) is 0.0909. The van der Waals surface area contributed by atoms with E-state index in [-0.39, 0.29) is 5.82 Å². The second-order valence-corrected chi connectivity index (χ2v) is 3.52. The first kappa shape index (κ1) is 10.8. The van der Waals surface area contributed by atoms with Crippen LogP contribution in [-0.4, -0.2) is 9.97 Å². The molecule has 0 radical (unpaired) electrons. The molecule has 1 heterocycles. The molecule has 0 bridgehead atoms. The predicted molar refractivity (Wildman–Crippen MR) is 58.3 cm³/mol. The summed E-state index contributed by atoms with van der Waals surface area (Å²) in [6.45, 7) is 1.71. The quantitative estimate of drug-likeness (QED) is 0.753. The van der Waals surface area contributed by atoms with Gasteiger partial charge in [0.1, 0.15) is 22.5 Å². The number of halogens is 2. The molecular weight excluding hydrogens is 231 g/mol. The summed E-state index contributed by atoms with van der Waals surface area (Å²) in [5.74, 6) is 1.04. The van der Waals surface area contributed by atoms with Gasteiger partial charge in [-0.3, -0.25) is 0 Å². The highest BCUT2D eigenvalue weighted by molar-refractivity contribution is 6.29. The van der Waals surface area contributed by atoms with E-state index in [1.54, 1.807) is 6.92 Å². The molecule has 0 unspecified atom stereocenters. The lowest BCUT2D eigenvalue weighted by Gasteiger charge is -2.05. The van der Waals surface area contributed by atoms with Crippen molar-refractivity contribution < 1.29 is 9.13 Å². The molecule has 0 amide bonds. The van der Waals surface area contributed by atoms with Crippen molar-refractivity contribution in [3.05, 3.63) is 47.1 Å². The van der Waals surface area contributed by atoms with Gasteiger partial charge in [0.05, 0.1) is 0 Å². The van der Waals surface area contributed by atoms with Gasteiger partial charge in [0.25, 0.3) is 0 Å². The number of benzene rings is 1. The van der Waals surface area contributed by atoms with Crippen LogP contribution in [-0.2, 0) is 0 Å². The van der Waals surface area contributed by atoms with Crippen molar-refractivity contribution in [3.63, 3.8) is 0 Å². The molecule has 0 atom stereocenters. The SMILES string of the molecule is Cc1nc(Cl)cc(Oc2ccc(F)cc2)n1. The van der Waals surface area contributed by atoms with Crippen LogP contribution in [0.5, 0.6) is 11.6 Å². The Morgan fingerprint density at radius 2 is 1.88 bits per heavy atom. The third-order valence-electron chi connectivity index (χ3n) is 1.82. The standard InChI is InChI=1S/C11H8ClFN2O/c1-7-14-10(12)6-11(15-7)16-9-4-2-8(13)3-5-9/h2-6H,1H3. The van der Waals surface area contributed by atoms with Crippen molar-refractivity contribution in [2.45, 2.75) is 6.92 Å². The molecule has 1 aromatic heterocycles. The predicted octanol–water partition coefficient (Wildman–Crippen LogP) is 3.37. The Balaban J connectivity index is 2.23. The van der Waals surface area contributed by atoms with Crippen LogP contribution in [0.2, 0.25) is 5.15 Å². The Hall–Kier alpha value is -1.68. The topological polar surface area (TPSA) is 35.0 Å². The first-order valence-electron chi connectivity index (χ1n) is 4.58. The number of rotatable bonds is 2. The molecule has 0 aliphatic heterocycles. The van der Waals surface area contributed by atoms with Crippen LogP contribution in [0.1, 0.15) is 5.82 Å². The lowest BCUT2D eigenvalue weighted by Crippen LogP contribution is -1.93. The molecule has 82 valence electrons. The van der Waals surface area contributed by atoms with Gasteiger partial charge in [0.2, 0.25) is 5.88 Å². The number of aromatic nitrogens is 2. The van der Waals surface area contributed by atoms with E-state index in [4.69, 9.17) is 16.3 Å². The summed E-state index contributed by atoms with van der Waals surface area (Å²) in [5, 5.41) is 0.310. The largest absolute Gasteiger partial charge is 0.439 e. The first-order valence-corrected chi connectivity index (χ1v) is 4.96. The fourth-order valence-electron chi connectivity index (χ4n) is 1.18. The molecule has 0 N–H and O–H groups in total. The molecule has 16 heavy (non-hydrogen) atoms. The molecule has 0 aliphatic carbocycles. The molecule has 0 saturated heterocycles. The fourth-order valence-corrected chi connectivity index (χ4v) is 1.40. The number of nitrogens with zero attached hydrogens (tertiary/aromatic N) is 2. The van der Waals surface area contributed by atoms with Gasteiger partial charge in [-0.1, -0.05) is 11.6 Å². The van der Waals surface area contributed by atoms with Gasteiger partial charge in [-0.2, -0.15) is 4.98 Å². The normalized spacial score (nSPS) is 10.2. The monoisotopic (exact) mass is 238 g/mol. The van der Waals surface area contributed by atoms with Crippen LogP contribution in [0.4, 0.5) is 4.39 Å². The third-order valence-corrected chi connectivity index (χ3v) is 2.01. The maximum absolute atomic E-state index is 12.7. The van der Waals surface area contributed by atoms with Gasteiger partial charge in [-0.05, 0) is 31.2 Å². The molecule has 3 nitrogen and oxygen atoms in total. The summed E-state index contributed by atoms with van der Waals surface area (Å²) in [5.41, 5.74) is 0. The van der Waals surface area contributed by atoms with E-state index in [2.05, 4.69) is 9.97 Å². The highest BCUT2D eigenvalue weighted by Crippen LogP contribution is 2.21. The Bertz CT molecular complexity index is 482. The van der Waals surface area contributed by atoms with Gasteiger partial charge in [-0.15, -0.1) is 0 Å². The average molecular weight is 239 g/mol. The van der Waals surface area contributed by atoms with E-state index in [9.17, 15) is 4.39 Å². The first-order chi connectivity index (χ1) is 7.63. The zero-order chi connectivity index (χ0) is 11.5. The lowest BCUT2D eigenvalue weighted by molar-refractivity contribution is 0.458. The summed E-state index contributed by atoms with van der Waals surface area (Å²) in [6, 6.07) is 7.15. The summed E-state index contributed by atoms with van der Waals surface area (Å²) in [4.78, 5) is 7.94. The smallest absolute Gasteiger partial charge is 0.224 e. The Kier molecular flexibility index (Phi) is 3.01. The zero-order valence-corrected chi connectivity index (χ0v) is 9.20. The molecule has 0 fully saturated rings. The number of hydrogen-bond acceptors (Lipinski definition) is 3. The molecule has 0 saturated carbocycles. The van der Waals surface area contributed by atoms with Gasteiger partial charge >= 0.3 is 0 Å². The van der Waals surface area contributed by atoms with E-state index >= 15 is 0 Å². The third kappa shape index (κ3) is 2.67. The molecule has 1 aromatic carbocycles. The van der Waals surface area contributed by atoms with Gasteiger partial charge < -0.3 is 4.74 Å². The molecule has 2 rings (SSSR count). The van der Waals surface area contributed by atoms with Crippen molar-refractivity contribution in [2.24, 2.45) is 0 Å². The second-order valence-electron chi connectivity index (χ2n) is 3.13. The zero-order valence-electron chi connectivity index (χ0n) is 8.45. The molecular formula is C11H8ClFN2O. The Labute approximate surface area is 96.9 Å². The van der Waals surface area contributed by atoms with Crippen LogP contribution >= 0.6 is 11.6 Å². The summed E-state index contributed by atoms with van der Waals surface area (Å²) >= 11 is 5.75. The maximum Gasteiger partial charge on any atom is 0.224 e. The molecule has 0 aliphatic rings. The van der Waals surface area contributed by atoms with Crippen LogP contribution < -0.4 is 4.74 Å².